The maximum atomic E-state index is 8.60. The Labute approximate surface area is 81.1 Å². The van der Waals surface area contributed by atoms with E-state index >= 15 is 0 Å². The standard InChI is InChI=1S/C10H11NO3/c12-5-2-6-13-9-4-1-3-8-10(9)14-7-11-8/h1,3-4,7,12H,2,5-6H2. The van der Waals surface area contributed by atoms with Crippen molar-refractivity contribution in [3.05, 3.63) is 24.6 Å². The molecule has 0 aliphatic heterocycles. The molecule has 0 unspecified atom stereocenters. The fourth-order valence-corrected chi connectivity index (χ4v) is 1.22. The summed E-state index contributed by atoms with van der Waals surface area (Å²) in [5, 5.41) is 8.60. The van der Waals surface area contributed by atoms with Crippen LogP contribution in [0.3, 0.4) is 0 Å². The number of hydrogen-bond donors (Lipinski definition) is 1. The number of aliphatic hydroxyl groups excluding tert-OH is 1. The molecule has 2 aromatic rings. The van der Waals surface area contributed by atoms with Crippen LogP contribution in [0.25, 0.3) is 11.1 Å². The molecular formula is C10H11NO3. The molecule has 0 bridgehead atoms. The Kier molecular flexibility index (Phi) is 2.65. The summed E-state index contributed by atoms with van der Waals surface area (Å²) in [6, 6.07) is 5.54. The predicted octanol–water partition coefficient (Wildman–Crippen LogP) is 1.59. The summed E-state index contributed by atoms with van der Waals surface area (Å²) < 4.78 is 10.6. The smallest absolute Gasteiger partial charge is 0.196 e. The van der Waals surface area contributed by atoms with Gasteiger partial charge in [-0.1, -0.05) is 6.07 Å². The van der Waals surface area contributed by atoms with Crippen LogP contribution in [0, 0.1) is 0 Å². The molecule has 0 atom stereocenters. The quantitative estimate of drug-likeness (QED) is 0.749. The topological polar surface area (TPSA) is 55.5 Å². The third kappa shape index (κ3) is 1.70. The van der Waals surface area contributed by atoms with Crippen molar-refractivity contribution in [1.29, 1.82) is 0 Å². The van der Waals surface area contributed by atoms with Gasteiger partial charge in [-0.2, -0.15) is 0 Å². The zero-order valence-corrected chi connectivity index (χ0v) is 7.64. The van der Waals surface area contributed by atoms with Gasteiger partial charge in [-0.25, -0.2) is 4.98 Å². The second-order valence-corrected chi connectivity index (χ2v) is 2.88. The fourth-order valence-electron chi connectivity index (χ4n) is 1.22. The van der Waals surface area contributed by atoms with Gasteiger partial charge in [0.15, 0.2) is 17.7 Å². The van der Waals surface area contributed by atoms with Gasteiger partial charge in [0.25, 0.3) is 0 Å². The average Bonchev–Trinajstić information content (AvgIpc) is 2.67. The Morgan fingerprint density at radius 3 is 3.21 bits per heavy atom. The molecule has 1 aromatic heterocycles. The van der Waals surface area contributed by atoms with Gasteiger partial charge in [0.2, 0.25) is 0 Å². The Morgan fingerprint density at radius 1 is 1.43 bits per heavy atom. The average molecular weight is 193 g/mol. The minimum absolute atomic E-state index is 0.131. The van der Waals surface area contributed by atoms with E-state index in [-0.39, 0.29) is 6.61 Å². The van der Waals surface area contributed by atoms with E-state index in [0.717, 1.165) is 5.52 Å². The van der Waals surface area contributed by atoms with Gasteiger partial charge in [0.1, 0.15) is 5.52 Å². The molecule has 0 saturated carbocycles. The van der Waals surface area contributed by atoms with Crippen LogP contribution in [-0.2, 0) is 0 Å². The molecule has 1 heterocycles. The van der Waals surface area contributed by atoms with Crippen LogP contribution in [0.1, 0.15) is 6.42 Å². The second-order valence-electron chi connectivity index (χ2n) is 2.88. The van der Waals surface area contributed by atoms with Crippen molar-refractivity contribution >= 4 is 11.1 Å². The first-order valence-corrected chi connectivity index (χ1v) is 4.47. The molecule has 0 aliphatic carbocycles. The Hall–Kier alpha value is -1.55. The number of nitrogens with zero attached hydrogens (tertiary/aromatic N) is 1. The number of fused-ring (bicyclic) bond motifs is 1. The lowest BCUT2D eigenvalue weighted by atomic mass is 10.3. The predicted molar refractivity (Wildman–Crippen MR) is 51.2 cm³/mol. The monoisotopic (exact) mass is 193 g/mol. The molecule has 4 heteroatoms. The minimum Gasteiger partial charge on any atom is -0.489 e. The number of rotatable bonds is 4. The van der Waals surface area contributed by atoms with Gasteiger partial charge in [-0.3, -0.25) is 0 Å². The molecule has 74 valence electrons. The molecule has 0 spiro atoms. The van der Waals surface area contributed by atoms with Crippen molar-refractivity contribution in [2.24, 2.45) is 0 Å². The molecule has 0 saturated heterocycles. The number of oxazole rings is 1. The van der Waals surface area contributed by atoms with Crippen molar-refractivity contribution in [1.82, 2.24) is 4.98 Å². The van der Waals surface area contributed by atoms with Gasteiger partial charge in [0, 0.05) is 13.0 Å². The summed E-state index contributed by atoms with van der Waals surface area (Å²) in [7, 11) is 0. The third-order valence-electron chi connectivity index (χ3n) is 1.88. The first kappa shape index (κ1) is 9.02. The lowest BCUT2D eigenvalue weighted by Gasteiger charge is -2.03. The van der Waals surface area contributed by atoms with Gasteiger partial charge < -0.3 is 14.3 Å². The van der Waals surface area contributed by atoms with Crippen molar-refractivity contribution < 1.29 is 14.3 Å². The summed E-state index contributed by atoms with van der Waals surface area (Å²) in [4.78, 5) is 4.01. The van der Waals surface area contributed by atoms with Crippen molar-refractivity contribution in [2.75, 3.05) is 13.2 Å². The minimum atomic E-state index is 0.131. The van der Waals surface area contributed by atoms with Crippen molar-refractivity contribution in [2.45, 2.75) is 6.42 Å². The molecule has 0 fully saturated rings. The van der Waals surface area contributed by atoms with Gasteiger partial charge in [0.05, 0.1) is 6.61 Å². The maximum absolute atomic E-state index is 8.60. The van der Waals surface area contributed by atoms with E-state index in [1.165, 1.54) is 6.39 Å². The number of ether oxygens (including phenoxy) is 1. The normalized spacial score (nSPS) is 10.6. The molecule has 14 heavy (non-hydrogen) atoms. The molecule has 0 radical (unpaired) electrons. The zero-order chi connectivity index (χ0) is 9.80. The van der Waals surface area contributed by atoms with Crippen LogP contribution < -0.4 is 4.74 Å². The zero-order valence-electron chi connectivity index (χ0n) is 7.64. The summed E-state index contributed by atoms with van der Waals surface area (Å²) >= 11 is 0. The van der Waals surface area contributed by atoms with Crippen molar-refractivity contribution in [3.63, 3.8) is 0 Å². The highest BCUT2D eigenvalue weighted by atomic mass is 16.5. The van der Waals surface area contributed by atoms with Gasteiger partial charge in [-0.05, 0) is 12.1 Å². The van der Waals surface area contributed by atoms with Crippen LogP contribution in [-0.4, -0.2) is 23.3 Å². The van der Waals surface area contributed by atoms with Gasteiger partial charge >= 0.3 is 0 Å². The lowest BCUT2D eigenvalue weighted by Crippen LogP contribution is -1.99. The first-order valence-electron chi connectivity index (χ1n) is 4.47. The summed E-state index contributed by atoms with van der Waals surface area (Å²) in [6.07, 6.45) is 2.01. The van der Waals surface area contributed by atoms with E-state index in [0.29, 0.717) is 24.4 Å². The molecule has 2 rings (SSSR count). The van der Waals surface area contributed by atoms with E-state index in [9.17, 15) is 0 Å². The van der Waals surface area contributed by atoms with E-state index in [2.05, 4.69) is 4.98 Å². The Bertz CT molecular complexity index is 410. The van der Waals surface area contributed by atoms with Crippen LogP contribution >= 0.6 is 0 Å². The van der Waals surface area contributed by atoms with E-state index in [4.69, 9.17) is 14.3 Å². The third-order valence-corrected chi connectivity index (χ3v) is 1.88. The van der Waals surface area contributed by atoms with E-state index in [1.54, 1.807) is 0 Å². The van der Waals surface area contributed by atoms with Crippen molar-refractivity contribution in [3.8, 4) is 5.75 Å². The molecule has 1 N–H and O–H groups in total. The molecule has 1 aromatic carbocycles. The highest BCUT2D eigenvalue weighted by Gasteiger charge is 2.04. The molecule has 0 aliphatic rings. The maximum Gasteiger partial charge on any atom is 0.196 e. The highest BCUT2D eigenvalue weighted by molar-refractivity contribution is 5.78. The fraction of sp³-hybridized carbons (Fsp3) is 0.300. The van der Waals surface area contributed by atoms with E-state index < -0.39 is 0 Å². The Balaban J connectivity index is 2.19. The van der Waals surface area contributed by atoms with Crippen LogP contribution in [0.15, 0.2) is 29.0 Å². The molecular weight excluding hydrogens is 182 g/mol. The largest absolute Gasteiger partial charge is 0.489 e. The van der Waals surface area contributed by atoms with Crippen LogP contribution in [0.4, 0.5) is 0 Å². The SMILES string of the molecule is OCCCOc1cccc2ncoc12. The number of aliphatic hydroxyl groups is 1. The number of para-hydroxylation sites is 1. The van der Waals surface area contributed by atoms with Crippen LogP contribution in [0.5, 0.6) is 5.75 Å². The number of aromatic nitrogens is 1. The van der Waals surface area contributed by atoms with E-state index in [1.807, 2.05) is 18.2 Å². The molecule has 0 amide bonds. The van der Waals surface area contributed by atoms with Crippen LogP contribution in [0.2, 0.25) is 0 Å². The van der Waals surface area contributed by atoms with Gasteiger partial charge in [-0.15, -0.1) is 0 Å². The first-order chi connectivity index (χ1) is 6.92. The summed E-state index contributed by atoms with van der Waals surface area (Å²) in [6.45, 7) is 0.614. The second kappa shape index (κ2) is 4.11. The molecule has 4 nitrogen and oxygen atoms in total. The summed E-state index contributed by atoms with van der Waals surface area (Å²) in [5.74, 6) is 0.674. The Morgan fingerprint density at radius 2 is 2.36 bits per heavy atom. The lowest BCUT2D eigenvalue weighted by molar-refractivity contribution is 0.233. The summed E-state index contributed by atoms with van der Waals surface area (Å²) in [5.41, 5.74) is 1.44. The highest BCUT2D eigenvalue weighted by Crippen LogP contribution is 2.24. The number of benzene rings is 1. The number of hydrogen-bond acceptors (Lipinski definition) is 4.